The van der Waals surface area contributed by atoms with Crippen molar-refractivity contribution < 1.29 is 16.8 Å². The predicted octanol–water partition coefficient (Wildman–Crippen LogP) is 1.85. The van der Waals surface area contributed by atoms with Crippen molar-refractivity contribution in [1.29, 1.82) is 0 Å². The van der Waals surface area contributed by atoms with Crippen LogP contribution >= 0.6 is 22.9 Å². The van der Waals surface area contributed by atoms with Gasteiger partial charge in [-0.25, -0.2) is 16.8 Å². The third kappa shape index (κ3) is 3.19. The molecule has 0 spiro atoms. The van der Waals surface area contributed by atoms with Crippen molar-refractivity contribution in [2.45, 2.75) is 23.3 Å². The van der Waals surface area contributed by atoms with Crippen LogP contribution in [0.4, 0.5) is 0 Å². The molecule has 2 rings (SSSR count). The van der Waals surface area contributed by atoms with Crippen LogP contribution in [0.15, 0.2) is 16.3 Å². The first kappa shape index (κ1) is 16.2. The van der Waals surface area contributed by atoms with E-state index in [0.29, 0.717) is 4.34 Å². The van der Waals surface area contributed by atoms with Gasteiger partial charge in [-0.3, -0.25) is 0 Å². The smallest absolute Gasteiger partial charge is 0.228 e. The third-order valence-electron chi connectivity index (χ3n) is 3.03. The summed E-state index contributed by atoms with van der Waals surface area (Å²) >= 11 is 6.71. The average Bonchev–Trinajstić information content (AvgIpc) is 2.59. The molecule has 1 aromatic heterocycles. The van der Waals surface area contributed by atoms with E-state index in [1.165, 1.54) is 16.4 Å². The molecule has 0 atom stereocenters. The fourth-order valence-corrected chi connectivity index (χ4v) is 7.36. The summed E-state index contributed by atoms with van der Waals surface area (Å²) in [7, 11) is -6.82. The molecule has 2 heterocycles. The van der Waals surface area contributed by atoms with Crippen molar-refractivity contribution in [2.75, 3.05) is 18.8 Å². The van der Waals surface area contributed by atoms with Crippen molar-refractivity contribution in [1.82, 2.24) is 4.31 Å². The molecule has 1 aromatic rings. The second-order valence-electron chi connectivity index (χ2n) is 5.23. The zero-order valence-electron chi connectivity index (χ0n) is 11.1. The van der Waals surface area contributed by atoms with Gasteiger partial charge < -0.3 is 0 Å². The van der Waals surface area contributed by atoms with Crippen molar-refractivity contribution in [3.8, 4) is 0 Å². The van der Waals surface area contributed by atoms with Crippen LogP contribution in [0.25, 0.3) is 0 Å². The van der Waals surface area contributed by atoms with Gasteiger partial charge in [0.25, 0.3) is 10.0 Å². The van der Waals surface area contributed by atoms with Gasteiger partial charge >= 0.3 is 0 Å². The lowest BCUT2D eigenvalue weighted by Gasteiger charge is -2.37. The Bertz CT molecular complexity index is 687. The molecule has 20 heavy (non-hydrogen) atoms. The van der Waals surface area contributed by atoms with Gasteiger partial charge in [-0.05, 0) is 18.1 Å². The van der Waals surface area contributed by atoms with E-state index in [9.17, 15) is 16.8 Å². The van der Waals surface area contributed by atoms with Crippen molar-refractivity contribution in [3.63, 3.8) is 0 Å². The third-order valence-corrected chi connectivity index (χ3v) is 9.01. The van der Waals surface area contributed by atoms with Crippen LogP contribution in [0.1, 0.15) is 13.8 Å². The zero-order chi connectivity index (χ0) is 15.1. The summed E-state index contributed by atoms with van der Waals surface area (Å²) in [4.78, 5) is 0. The molecule has 0 aliphatic carbocycles. The first-order valence-electron chi connectivity index (χ1n) is 6.10. The van der Waals surface area contributed by atoms with Crippen LogP contribution < -0.4 is 0 Å². The number of sulfonamides is 1. The Morgan fingerprint density at radius 2 is 1.90 bits per heavy atom. The number of hydrogen-bond acceptors (Lipinski definition) is 5. The van der Waals surface area contributed by atoms with E-state index in [2.05, 4.69) is 0 Å². The summed E-state index contributed by atoms with van der Waals surface area (Å²) in [5.74, 6) is 0.137. The van der Waals surface area contributed by atoms with Gasteiger partial charge in [-0.2, -0.15) is 4.31 Å². The SMILES string of the molecule is CC(C)CS(=O)(=O)C1CN(S(=O)(=O)c2ccc(Cl)s2)C1. The largest absolute Gasteiger partial charge is 0.252 e. The van der Waals surface area contributed by atoms with Crippen molar-refractivity contribution >= 4 is 42.8 Å². The highest BCUT2D eigenvalue weighted by Gasteiger charge is 2.43. The normalized spacial score (nSPS) is 18.4. The number of sulfone groups is 1. The maximum atomic E-state index is 12.2. The van der Waals surface area contributed by atoms with Gasteiger partial charge in [0.1, 0.15) is 4.21 Å². The molecule has 1 saturated heterocycles. The highest BCUT2D eigenvalue weighted by molar-refractivity contribution is 7.93. The Hall–Kier alpha value is -0.150. The highest BCUT2D eigenvalue weighted by atomic mass is 35.5. The van der Waals surface area contributed by atoms with E-state index >= 15 is 0 Å². The fraction of sp³-hybridized carbons (Fsp3) is 0.636. The van der Waals surface area contributed by atoms with Crippen molar-refractivity contribution in [3.05, 3.63) is 16.5 Å². The van der Waals surface area contributed by atoms with Crippen LogP contribution in [0.5, 0.6) is 0 Å². The van der Waals surface area contributed by atoms with Crippen LogP contribution in [0, 0.1) is 5.92 Å². The summed E-state index contributed by atoms with van der Waals surface area (Å²) in [5.41, 5.74) is 0. The quantitative estimate of drug-likeness (QED) is 0.806. The first-order chi connectivity index (χ1) is 9.13. The molecule has 0 bridgehead atoms. The number of halogens is 1. The Kier molecular flexibility index (Phi) is 4.52. The molecule has 1 aliphatic heterocycles. The molecule has 0 unspecified atom stereocenters. The lowest BCUT2D eigenvalue weighted by Crippen LogP contribution is -2.57. The van der Waals surface area contributed by atoms with Crippen LogP contribution in [0.2, 0.25) is 4.34 Å². The number of hydrogen-bond donors (Lipinski definition) is 0. The topological polar surface area (TPSA) is 71.5 Å². The van der Waals surface area contributed by atoms with Gasteiger partial charge in [0.15, 0.2) is 9.84 Å². The number of rotatable bonds is 5. The lowest BCUT2D eigenvalue weighted by molar-refractivity contribution is 0.310. The number of thiophene rings is 1. The van der Waals surface area contributed by atoms with Gasteiger partial charge in [-0.15, -0.1) is 11.3 Å². The standard InChI is InChI=1S/C11H16ClNO4S3/c1-8(2)7-19(14,15)9-5-13(6-9)20(16,17)11-4-3-10(12)18-11/h3-4,8-9H,5-7H2,1-2H3. The van der Waals surface area contributed by atoms with E-state index in [1.807, 2.05) is 13.8 Å². The summed E-state index contributed by atoms with van der Waals surface area (Å²) in [6.07, 6.45) is 0. The molecule has 114 valence electrons. The van der Waals surface area contributed by atoms with Gasteiger partial charge in [0.05, 0.1) is 15.3 Å². The Morgan fingerprint density at radius 3 is 2.35 bits per heavy atom. The Morgan fingerprint density at radius 1 is 1.30 bits per heavy atom. The van der Waals surface area contributed by atoms with Crippen molar-refractivity contribution in [2.24, 2.45) is 5.92 Å². The molecule has 0 radical (unpaired) electrons. The van der Waals surface area contributed by atoms with Gasteiger partial charge in [0, 0.05) is 13.1 Å². The van der Waals surface area contributed by atoms with E-state index in [1.54, 1.807) is 0 Å². The molecule has 0 amide bonds. The number of nitrogens with zero attached hydrogens (tertiary/aromatic N) is 1. The Balaban J connectivity index is 2.07. The highest BCUT2D eigenvalue weighted by Crippen LogP contribution is 2.31. The molecular formula is C11H16ClNO4S3. The van der Waals surface area contributed by atoms with E-state index < -0.39 is 25.1 Å². The minimum Gasteiger partial charge on any atom is -0.228 e. The molecule has 9 heteroatoms. The predicted molar refractivity (Wildman–Crippen MR) is 80.5 cm³/mol. The molecule has 0 N–H and O–H groups in total. The van der Waals surface area contributed by atoms with Crippen LogP contribution in [0.3, 0.4) is 0 Å². The summed E-state index contributed by atoms with van der Waals surface area (Å²) < 4.78 is 50.1. The molecule has 0 aromatic carbocycles. The molecule has 1 aliphatic rings. The second kappa shape index (κ2) is 5.57. The minimum absolute atomic E-state index is 0.0346. The van der Waals surface area contributed by atoms with Crippen LogP contribution in [-0.4, -0.2) is 45.2 Å². The average molecular weight is 358 g/mol. The first-order valence-corrected chi connectivity index (χ1v) is 10.4. The monoisotopic (exact) mass is 357 g/mol. The lowest BCUT2D eigenvalue weighted by atomic mass is 10.3. The summed E-state index contributed by atoms with van der Waals surface area (Å²) in [6, 6.07) is 2.96. The van der Waals surface area contributed by atoms with E-state index in [-0.39, 0.29) is 29.0 Å². The zero-order valence-corrected chi connectivity index (χ0v) is 14.3. The molecule has 0 saturated carbocycles. The minimum atomic E-state index is -3.60. The maximum Gasteiger partial charge on any atom is 0.252 e. The molecule has 1 fully saturated rings. The van der Waals surface area contributed by atoms with E-state index in [0.717, 1.165) is 11.3 Å². The second-order valence-corrected chi connectivity index (χ2v) is 11.4. The van der Waals surface area contributed by atoms with E-state index in [4.69, 9.17) is 11.6 Å². The van der Waals surface area contributed by atoms with Crippen LogP contribution in [-0.2, 0) is 19.9 Å². The summed E-state index contributed by atoms with van der Waals surface area (Å²) in [6.45, 7) is 3.73. The fourth-order valence-electron chi connectivity index (χ4n) is 1.99. The molecular weight excluding hydrogens is 342 g/mol. The van der Waals surface area contributed by atoms with Gasteiger partial charge in [-0.1, -0.05) is 25.4 Å². The van der Waals surface area contributed by atoms with Gasteiger partial charge in [0.2, 0.25) is 0 Å². The Labute approximate surface area is 128 Å². The maximum absolute atomic E-state index is 12.2. The summed E-state index contributed by atoms with van der Waals surface area (Å²) in [5, 5.41) is -0.588. The molecule has 5 nitrogen and oxygen atoms in total.